The Bertz CT molecular complexity index is 487. The number of hydrogen-bond acceptors (Lipinski definition) is 3. The molecule has 0 fully saturated rings. The van der Waals surface area contributed by atoms with Gasteiger partial charge in [0.05, 0.1) is 11.8 Å². The van der Waals surface area contributed by atoms with Crippen LogP contribution in [0.25, 0.3) is 11.0 Å². The number of carboxylic acid groups (broad SMARTS) is 1. The number of fused-ring (bicyclic) bond motifs is 1. The van der Waals surface area contributed by atoms with Gasteiger partial charge >= 0.3 is 5.97 Å². The Kier molecular flexibility index (Phi) is 1.98. The van der Waals surface area contributed by atoms with Crippen molar-refractivity contribution in [1.29, 1.82) is 0 Å². The number of carboxylic acids is 1. The Morgan fingerprint density at radius 2 is 2.29 bits per heavy atom. The van der Waals surface area contributed by atoms with Crippen LogP contribution in [0.5, 0.6) is 0 Å². The van der Waals surface area contributed by atoms with Crippen molar-refractivity contribution >= 4 is 16.9 Å². The van der Waals surface area contributed by atoms with E-state index in [1.807, 2.05) is 0 Å². The van der Waals surface area contributed by atoms with E-state index in [0.29, 0.717) is 12.1 Å². The van der Waals surface area contributed by atoms with E-state index in [1.165, 1.54) is 6.07 Å². The van der Waals surface area contributed by atoms with E-state index in [1.54, 1.807) is 18.4 Å². The van der Waals surface area contributed by atoms with E-state index in [0.717, 1.165) is 10.9 Å². The van der Waals surface area contributed by atoms with Gasteiger partial charge in [0.1, 0.15) is 5.58 Å². The Morgan fingerprint density at radius 1 is 1.50 bits per heavy atom. The van der Waals surface area contributed by atoms with Crippen LogP contribution < -0.4 is 5.73 Å². The highest BCUT2D eigenvalue weighted by molar-refractivity contribution is 5.93. The number of nitrogens with two attached hydrogens (primary N) is 1. The molecule has 4 heteroatoms. The van der Waals surface area contributed by atoms with Gasteiger partial charge in [0, 0.05) is 17.5 Å². The Morgan fingerprint density at radius 3 is 2.93 bits per heavy atom. The van der Waals surface area contributed by atoms with Gasteiger partial charge in [-0.3, -0.25) is 0 Å². The van der Waals surface area contributed by atoms with Crippen molar-refractivity contribution in [2.24, 2.45) is 5.73 Å². The molecule has 0 radical (unpaired) electrons. The summed E-state index contributed by atoms with van der Waals surface area (Å²) >= 11 is 0. The predicted molar refractivity (Wildman–Crippen MR) is 51.1 cm³/mol. The molecule has 1 heterocycles. The average molecular weight is 191 g/mol. The number of aromatic carboxylic acids is 1. The van der Waals surface area contributed by atoms with E-state index in [2.05, 4.69) is 0 Å². The van der Waals surface area contributed by atoms with Crippen molar-refractivity contribution in [3.8, 4) is 0 Å². The maximum atomic E-state index is 10.7. The fourth-order valence-electron chi connectivity index (χ4n) is 1.37. The van der Waals surface area contributed by atoms with Crippen molar-refractivity contribution in [2.75, 3.05) is 0 Å². The summed E-state index contributed by atoms with van der Waals surface area (Å²) in [6, 6.07) is 4.75. The standard InChI is InChI=1S/C10H9NO3/c11-4-7-5-14-9-3-6(10(12)13)1-2-8(7)9/h1-3,5H,4,11H2,(H,12,13). The fraction of sp³-hybridized carbons (Fsp3) is 0.100. The van der Waals surface area contributed by atoms with Crippen LogP contribution in [0, 0.1) is 0 Å². The van der Waals surface area contributed by atoms with E-state index < -0.39 is 5.97 Å². The zero-order valence-electron chi connectivity index (χ0n) is 7.36. The van der Waals surface area contributed by atoms with Crippen molar-refractivity contribution in [3.05, 3.63) is 35.6 Å². The van der Waals surface area contributed by atoms with Crippen molar-refractivity contribution in [1.82, 2.24) is 0 Å². The summed E-state index contributed by atoms with van der Waals surface area (Å²) in [6.07, 6.45) is 1.55. The molecule has 0 saturated heterocycles. The van der Waals surface area contributed by atoms with Gasteiger partial charge in [0.15, 0.2) is 0 Å². The smallest absolute Gasteiger partial charge is 0.335 e. The van der Waals surface area contributed by atoms with Gasteiger partial charge in [-0.25, -0.2) is 4.79 Å². The number of rotatable bonds is 2. The average Bonchev–Trinajstić information content (AvgIpc) is 2.59. The van der Waals surface area contributed by atoms with Crippen molar-refractivity contribution < 1.29 is 14.3 Å². The summed E-state index contributed by atoms with van der Waals surface area (Å²) < 4.78 is 5.19. The van der Waals surface area contributed by atoms with Gasteiger partial charge in [-0.05, 0) is 18.2 Å². The maximum Gasteiger partial charge on any atom is 0.335 e. The summed E-state index contributed by atoms with van der Waals surface area (Å²) in [5, 5.41) is 9.61. The lowest BCUT2D eigenvalue weighted by atomic mass is 10.1. The highest BCUT2D eigenvalue weighted by Crippen LogP contribution is 2.21. The third-order valence-electron chi connectivity index (χ3n) is 2.12. The Hall–Kier alpha value is -1.81. The van der Waals surface area contributed by atoms with Crippen molar-refractivity contribution in [3.63, 3.8) is 0 Å². The molecular weight excluding hydrogens is 182 g/mol. The third-order valence-corrected chi connectivity index (χ3v) is 2.12. The Balaban J connectivity index is 2.63. The SMILES string of the molecule is NCc1coc2cc(C(=O)O)ccc12. The second-order valence-electron chi connectivity index (χ2n) is 2.98. The van der Waals surface area contributed by atoms with Gasteiger partial charge in [0.2, 0.25) is 0 Å². The lowest BCUT2D eigenvalue weighted by molar-refractivity contribution is 0.0697. The zero-order chi connectivity index (χ0) is 10.1. The van der Waals surface area contributed by atoms with Crippen LogP contribution in [0.3, 0.4) is 0 Å². The molecule has 2 aromatic rings. The molecule has 0 aliphatic heterocycles. The van der Waals surface area contributed by atoms with Crippen LogP contribution in [0.1, 0.15) is 15.9 Å². The summed E-state index contributed by atoms with van der Waals surface area (Å²) in [4.78, 5) is 10.7. The second kappa shape index (κ2) is 3.16. The molecule has 0 aliphatic rings. The topological polar surface area (TPSA) is 76.5 Å². The number of carbonyl (C=O) groups is 1. The van der Waals surface area contributed by atoms with E-state index >= 15 is 0 Å². The van der Waals surface area contributed by atoms with Gasteiger partial charge in [0.25, 0.3) is 0 Å². The fourth-order valence-corrected chi connectivity index (χ4v) is 1.37. The molecule has 0 saturated carbocycles. The van der Waals surface area contributed by atoms with Gasteiger partial charge in [-0.1, -0.05) is 0 Å². The molecule has 14 heavy (non-hydrogen) atoms. The first kappa shape index (κ1) is 8.77. The molecule has 4 nitrogen and oxygen atoms in total. The van der Waals surface area contributed by atoms with Gasteiger partial charge in [-0.15, -0.1) is 0 Å². The molecule has 0 unspecified atom stereocenters. The predicted octanol–water partition coefficient (Wildman–Crippen LogP) is 1.59. The minimum Gasteiger partial charge on any atom is -0.478 e. The normalized spacial score (nSPS) is 10.6. The van der Waals surface area contributed by atoms with Crippen LogP contribution in [0.4, 0.5) is 0 Å². The van der Waals surface area contributed by atoms with Crippen LogP contribution in [0.2, 0.25) is 0 Å². The molecular formula is C10H9NO3. The monoisotopic (exact) mass is 191 g/mol. The summed E-state index contributed by atoms with van der Waals surface area (Å²) in [6.45, 7) is 0.388. The number of benzene rings is 1. The second-order valence-corrected chi connectivity index (χ2v) is 2.98. The molecule has 72 valence electrons. The summed E-state index contributed by atoms with van der Waals surface area (Å²) in [7, 11) is 0. The van der Waals surface area contributed by atoms with Crippen LogP contribution >= 0.6 is 0 Å². The molecule has 3 N–H and O–H groups in total. The number of hydrogen-bond donors (Lipinski definition) is 2. The van der Waals surface area contributed by atoms with Gasteiger partial charge < -0.3 is 15.3 Å². The van der Waals surface area contributed by atoms with Crippen LogP contribution in [-0.2, 0) is 6.54 Å². The first-order valence-electron chi connectivity index (χ1n) is 4.16. The highest BCUT2D eigenvalue weighted by atomic mass is 16.4. The lowest BCUT2D eigenvalue weighted by Gasteiger charge is -1.94. The first-order chi connectivity index (χ1) is 6.72. The highest BCUT2D eigenvalue weighted by Gasteiger charge is 2.08. The molecule has 0 bridgehead atoms. The zero-order valence-corrected chi connectivity index (χ0v) is 7.36. The Labute approximate surface area is 79.9 Å². The molecule has 0 spiro atoms. The first-order valence-corrected chi connectivity index (χ1v) is 4.16. The summed E-state index contributed by atoms with van der Waals surface area (Å²) in [5.41, 5.74) is 7.15. The largest absolute Gasteiger partial charge is 0.478 e. The molecule has 0 aliphatic carbocycles. The molecule has 0 amide bonds. The van der Waals surface area contributed by atoms with E-state index in [4.69, 9.17) is 15.3 Å². The quantitative estimate of drug-likeness (QED) is 0.755. The summed E-state index contributed by atoms with van der Waals surface area (Å²) in [5.74, 6) is -0.961. The van der Waals surface area contributed by atoms with E-state index in [9.17, 15) is 4.79 Å². The molecule has 1 aromatic carbocycles. The van der Waals surface area contributed by atoms with Crippen LogP contribution in [-0.4, -0.2) is 11.1 Å². The molecule has 1 aromatic heterocycles. The van der Waals surface area contributed by atoms with Crippen LogP contribution in [0.15, 0.2) is 28.9 Å². The minimum atomic E-state index is -0.961. The molecule has 0 atom stereocenters. The third kappa shape index (κ3) is 1.25. The van der Waals surface area contributed by atoms with E-state index in [-0.39, 0.29) is 5.56 Å². The van der Waals surface area contributed by atoms with Gasteiger partial charge in [-0.2, -0.15) is 0 Å². The lowest BCUT2D eigenvalue weighted by Crippen LogP contribution is -1.96. The number of furan rings is 1. The maximum absolute atomic E-state index is 10.7. The minimum absolute atomic E-state index is 0.218. The molecule has 2 rings (SSSR count). The van der Waals surface area contributed by atoms with Crippen molar-refractivity contribution in [2.45, 2.75) is 6.54 Å².